The molecule has 6 heteroatoms. The van der Waals surface area contributed by atoms with Gasteiger partial charge in [0, 0.05) is 0 Å². The molecule has 2 fully saturated rings. The molecule has 2 aliphatic rings. The first kappa shape index (κ1) is 20.3. The molecular weight excluding hydrogens is 404 g/mol. The van der Waals surface area contributed by atoms with Crippen LogP contribution in [-0.4, -0.2) is 25.0 Å². The van der Waals surface area contributed by atoms with Gasteiger partial charge in [-0.3, -0.25) is 14.4 Å². The second-order valence-corrected chi connectivity index (χ2v) is 8.23. The van der Waals surface area contributed by atoms with Crippen LogP contribution in [-0.2, 0) is 14.4 Å². The average Bonchev–Trinajstić information content (AvgIpc) is 3.30. The van der Waals surface area contributed by atoms with Crippen molar-refractivity contribution in [2.45, 2.75) is 26.0 Å². The number of anilines is 2. The molecule has 2 heterocycles. The van der Waals surface area contributed by atoms with Crippen molar-refractivity contribution in [2.75, 3.05) is 17.1 Å². The van der Waals surface area contributed by atoms with E-state index in [1.54, 1.807) is 18.2 Å². The summed E-state index contributed by atoms with van der Waals surface area (Å²) in [7, 11) is 1.61. The molecule has 6 nitrogen and oxygen atoms in total. The van der Waals surface area contributed by atoms with E-state index in [1.165, 1.54) is 4.90 Å². The summed E-state index contributed by atoms with van der Waals surface area (Å²) in [6.45, 7) is 3.92. The van der Waals surface area contributed by atoms with Crippen molar-refractivity contribution in [3.05, 3.63) is 89.5 Å². The minimum atomic E-state index is -0.880. The molecule has 162 valence electrons. The lowest BCUT2D eigenvalue weighted by Gasteiger charge is -2.30. The summed E-state index contributed by atoms with van der Waals surface area (Å²) < 4.78 is 5.30. The number of hydrogen-bond donors (Lipinski definition) is 0. The Balaban J connectivity index is 1.60. The number of aryl methyl sites for hydroxylation is 2. The highest BCUT2D eigenvalue weighted by atomic mass is 16.7. The van der Waals surface area contributed by atoms with E-state index in [4.69, 9.17) is 9.57 Å². The number of amides is 2. The zero-order valence-corrected chi connectivity index (χ0v) is 18.2. The molecule has 2 aliphatic heterocycles. The molecule has 0 aromatic heterocycles. The third-order valence-electron chi connectivity index (χ3n) is 6.19. The predicted octanol–water partition coefficient (Wildman–Crippen LogP) is 4.36. The van der Waals surface area contributed by atoms with Crippen LogP contribution in [0, 0.1) is 19.8 Å². The second kappa shape index (κ2) is 7.80. The van der Waals surface area contributed by atoms with Gasteiger partial charge in [-0.1, -0.05) is 42.5 Å². The Labute approximate surface area is 186 Å². The van der Waals surface area contributed by atoms with Crippen LogP contribution in [0.2, 0.25) is 0 Å². The first-order valence-electron chi connectivity index (χ1n) is 10.6. The largest absolute Gasteiger partial charge is 0.497 e. The van der Waals surface area contributed by atoms with Crippen LogP contribution >= 0.6 is 0 Å². The molecule has 0 saturated carbocycles. The van der Waals surface area contributed by atoms with Crippen molar-refractivity contribution >= 4 is 23.2 Å². The topological polar surface area (TPSA) is 59.1 Å². The van der Waals surface area contributed by atoms with Crippen LogP contribution < -0.4 is 14.7 Å². The smallest absolute Gasteiger partial charge is 0.266 e. The number of ether oxygens (including phenoxy) is 1. The summed E-state index contributed by atoms with van der Waals surface area (Å²) in [6, 6.07) is 22.3. The van der Waals surface area contributed by atoms with E-state index in [-0.39, 0.29) is 11.8 Å². The van der Waals surface area contributed by atoms with Crippen LogP contribution in [0.3, 0.4) is 0 Å². The molecule has 3 aromatic carbocycles. The molecule has 0 aliphatic carbocycles. The summed E-state index contributed by atoms with van der Waals surface area (Å²) in [5.74, 6) is -0.513. The fourth-order valence-corrected chi connectivity index (χ4v) is 4.60. The van der Waals surface area contributed by atoms with Gasteiger partial charge < -0.3 is 4.74 Å². The summed E-state index contributed by atoms with van der Waals surface area (Å²) in [4.78, 5) is 34.5. The lowest BCUT2D eigenvalue weighted by atomic mass is 9.90. The lowest BCUT2D eigenvalue weighted by molar-refractivity contribution is -0.126. The van der Waals surface area contributed by atoms with E-state index in [9.17, 15) is 9.59 Å². The highest BCUT2D eigenvalue weighted by Gasteiger charge is 2.60. The molecule has 32 heavy (non-hydrogen) atoms. The van der Waals surface area contributed by atoms with Crippen molar-refractivity contribution in [1.29, 1.82) is 0 Å². The minimum Gasteiger partial charge on any atom is -0.497 e. The Morgan fingerprint density at radius 2 is 1.62 bits per heavy atom. The van der Waals surface area contributed by atoms with E-state index >= 15 is 0 Å². The van der Waals surface area contributed by atoms with Gasteiger partial charge in [0.2, 0.25) is 5.91 Å². The van der Waals surface area contributed by atoms with E-state index in [1.807, 2.05) is 80.6 Å². The first-order chi connectivity index (χ1) is 15.5. The van der Waals surface area contributed by atoms with Gasteiger partial charge in [0.05, 0.1) is 24.5 Å². The Morgan fingerprint density at radius 1 is 0.875 bits per heavy atom. The normalized spacial score (nSPS) is 22.4. The molecule has 0 bridgehead atoms. The molecule has 3 aromatic rings. The third kappa shape index (κ3) is 3.15. The van der Waals surface area contributed by atoms with Crippen molar-refractivity contribution in [3.8, 4) is 5.75 Å². The number of carbonyl (C=O) groups excluding carboxylic acids is 2. The third-order valence-corrected chi connectivity index (χ3v) is 6.19. The number of hydroxylamine groups is 1. The SMILES string of the molecule is COc1ccc([C@H]2[C@@H]3C(=O)N(c4cccc(C)c4)C(=O)[C@@H]3ON2c2ccccc2C)cc1. The Bertz CT molecular complexity index is 1190. The number of imide groups is 1. The number of carbonyl (C=O) groups is 2. The lowest BCUT2D eigenvalue weighted by Crippen LogP contribution is -2.37. The van der Waals surface area contributed by atoms with Crippen molar-refractivity contribution in [2.24, 2.45) is 5.92 Å². The Morgan fingerprint density at radius 3 is 2.31 bits per heavy atom. The Hall–Kier alpha value is -3.64. The van der Waals surface area contributed by atoms with E-state index in [0.29, 0.717) is 5.69 Å². The zero-order valence-electron chi connectivity index (χ0n) is 18.2. The molecule has 2 amide bonds. The zero-order chi connectivity index (χ0) is 22.4. The highest BCUT2D eigenvalue weighted by Crippen LogP contribution is 2.48. The molecule has 0 spiro atoms. The van der Waals surface area contributed by atoms with Gasteiger partial charge in [0.1, 0.15) is 11.7 Å². The van der Waals surface area contributed by atoms with Crippen molar-refractivity contribution < 1.29 is 19.2 Å². The summed E-state index contributed by atoms with van der Waals surface area (Å²) in [6.07, 6.45) is -0.880. The molecule has 3 atom stereocenters. The van der Waals surface area contributed by atoms with Gasteiger partial charge in [-0.15, -0.1) is 0 Å². The second-order valence-electron chi connectivity index (χ2n) is 8.23. The van der Waals surface area contributed by atoms with Crippen LogP contribution in [0.15, 0.2) is 72.8 Å². The summed E-state index contributed by atoms with van der Waals surface area (Å²) in [5, 5.41) is 1.73. The maximum absolute atomic E-state index is 13.7. The van der Waals surface area contributed by atoms with E-state index < -0.39 is 18.1 Å². The molecule has 0 radical (unpaired) electrons. The number of nitrogens with zero attached hydrogens (tertiary/aromatic N) is 2. The van der Waals surface area contributed by atoms with Crippen LogP contribution in [0.4, 0.5) is 11.4 Å². The van der Waals surface area contributed by atoms with Gasteiger partial charge in [-0.25, -0.2) is 9.96 Å². The number of fused-ring (bicyclic) bond motifs is 1. The average molecular weight is 428 g/mol. The number of hydrogen-bond acceptors (Lipinski definition) is 5. The number of benzene rings is 3. The standard InChI is InChI=1S/C26H24N2O4/c1-16-7-6-9-19(15-16)27-25(29)22-23(18-11-13-20(31-3)14-12-18)28(32-24(22)26(27)30)21-10-5-4-8-17(21)2/h4-15,22-24H,1-3H3/t22-,23-,24+/m0/s1. The van der Waals surface area contributed by atoms with Gasteiger partial charge >= 0.3 is 0 Å². The van der Waals surface area contributed by atoms with Crippen molar-refractivity contribution in [3.63, 3.8) is 0 Å². The highest BCUT2D eigenvalue weighted by molar-refractivity contribution is 6.24. The van der Waals surface area contributed by atoms with E-state index in [0.717, 1.165) is 28.1 Å². The number of para-hydroxylation sites is 1. The van der Waals surface area contributed by atoms with Crippen LogP contribution in [0.5, 0.6) is 5.75 Å². The van der Waals surface area contributed by atoms with Gasteiger partial charge in [-0.05, 0) is 60.9 Å². The summed E-state index contributed by atoms with van der Waals surface area (Å²) >= 11 is 0. The molecule has 0 N–H and O–H groups in total. The van der Waals surface area contributed by atoms with Gasteiger partial charge in [-0.2, -0.15) is 0 Å². The summed E-state index contributed by atoms with van der Waals surface area (Å²) in [5.41, 5.74) is 4.28. The Kier molecular flexibility index (Phi) is 4.94. The molecule has 5 rings (SSSR count). The molecular formula is C26H24N2O4. The fourth-order valence-electron chi connectivity index (χ4n) is 4.60. The minimum absolute atomic E-state index is 0.248. The molecule has 0 unspecified atom stereocenters. The van der Waals surface area contributed by atoms with Crippen molar-refractivity contribution in [1.82, 2.24) is 0 Å². The predicted molar refractivity (Wildman–Crippen MR) is 121 cm³/mol. The quantitative estimate of drug-likeness (QED) is 0.578. The maximum Gasteiger partial charge on any atom is 0.266 e. The van der Waals surface area contributed by atoms with Crippen LogP contribution in [0.1, 0.15) is 22.7 Å². The number of rotatable bonds is 4. The number of methoxy groups -OCH3 is 1. The monoisotopic (exact) mass is 428 g/mol. The first-order valence-corrected chi connectivity index (χ1v) is 10.6. The van der Waals surface area contributed by atoms with E-state index in [2.05, 4.69) is 0 Å². The van der Waals surface area contributed by atoms with Crippen LogP contribution in [0.25, 0.3) is 0 Å². The molecule has 2 saturated heterocycles. The van der Waals surface area contributed by atoms with Gasteiger partial charge in [0.15, 0.2) is 6.10 Å². The fraction of sp³-hybridized carbons (Fsp3) is 0.231. The van der Waals surface area contributed by atoms with Gasteiger partial charge in [0.25, 0.3) is 5.91 Å². The maximum atomic E-state index is 13.7.